The van der Waals surface area contributed by atoms with Gasteiger partial charge < -0.3 is 19.3 Å². The smallest absolute Gasteiger partial charge is 0.303 e. The average molecular weight is 457 g/mol. The lowest BCUT2D eigenvalue weighted by molar-refractivity contribution is -0.162. The van der Waals surface area contributed by atoms with Gasteiger partial charge in [0.2, 0.25) is 0 Å². The number of carboxylic acid groups (broad SMARTS) is 1. The number of hydrogen-bond donors (Lipinski definition) is 1. The number of hydrogen-bond acceptors (Lipinski definition) is 7. The molecule has 184 valence electrons. The van der Waals surface area contributed by atoms with Gasteiger partial charge in [-0.25, -0.2) is 0 Å². The topological polar surface area (TPSA) is 116 Å². The molecule has 0 amide bonds. The first-order valence-corrected chi connectivity index (χ1v) is 11.6. The van der Waals surface area contributed by atoms with Crippen molar-refractivity contribution < 1.29 is 38.5 Å². The van der Waals surface area contributed by atoms with E-state index in [1.54, 1.807) is 12.2 Å². The number of aliphatic carboxylic acids is 1. The number of esters is 3. The Bertz CT molecular complexity index is 599. The molecular formula is C24H40O8. The Morgan fingerprint density at radius 3 is 1.84 bits per heavy atom. The summed E-state index contributed by atoms with van der Waals surface area (Å²) in [6.45, 7) is 6.02. The quantitative estimate of drug-likeness (QED) is 0.136. The first-order valence-electron chi connectivity index (χ1n) is 11.6. The molecule has 0 aromatic rings. The van der Waals surface area contributed by atoms with Crippen molar-refractivity contribution in [3.8, 4) is 0 Å². The SMILES string of the molecule is CCCCCC(OC(C)=O)C(C=CC(CCCCCCCC(=O)O)OC(C)=O)OC(C)=O. The molecule has 0 aromatic carbocycles. The molecule has 3 atom stereocenters. The maximum absolute atomic E-state index is 11.6. The van der Waals surface area contributed by atoms with Crippen molar-refractivity contribution in [1.82, 2.24) is 0 Å². The summed E-state index contributed by atoms with van der Waals surface area (Å²) in [5, 5.41) is 8.66. The Morgan fingerprint density at radius 1 is 0.719 bits per heavy atom. The van der Waals surface area contributed by atoms with E-state index in [0.717, 1.165) is 44.9 Å². The van der Waals surface area contributed by atoms with Gasteiger partial charge in [0, 0.05) is 27.2 Å². The highest BCUT2D eigenvalue weighted by molar-refractivity contribution is 5.68. The van der Waals surface area contributed by atoms with Crippen LogP contribution in [0.25, 0.3) is 0 Å². The third kappa shape index (κ3) is 17.3. The van der Waals surface area contributed by atoms with E-state index in [1.807, 2.05) is 0 Å². The first kappa shape index (κ1) is 29.6. The van der Waals surface area contributed by atoms with E-state index in [-0.39, 0.29) is 6.42 Å². The second-order valence-electron chi connectivity index (χ2n) is 7.95. The van der Waals surface area contributed by atoms with Gasteiger partial charge in [0.15, 0.2) is 6.10 Å². The van der Waals surface area contributed by atoms with E-state index in [0.29, 0.717) is 19.3 Å². The molecule has 0 saturated carbocycles. The summed E-state index contributed by atoms with van der Waals surface area (Å²) in [6.07, 6.45) is 9.72. The van der Waals surface area contributed by atoms with Gasteiger partial charge in [0.1, 0.15) is 12.2 Å². The minimum absolute atomic E-state index is 0.179. The van der Waals surface area contributed by atoms with Crippen LogP contribution in [-0.2, 0) is 33.4 Å². The maximum atomic E-state index is 11.6. The molecule has 0 aromatic heterocycles. The second-order valence-corrected chi connectivity index (χ2v) is 7.95. The number of carbonyl (C=O) groups excluding carboxylic acids is 3. The highest BCUT2D eigenvalue weighted by Gasteiger charge is 2.25. The summed E-state index contributed by atoms with van der Waals surface area (Å²) < 4.78 is 16.2. The van der Waals surface area contributed by atoms with Crippen molar-refractivity contribution >= 4 is 23.9 Å². The third-order valence-electron chi connectivity index (χ3n) is 4.79. The van der Waals surface area contributed by atoms with Crippen LogP contribution in [0.5, 0.6) is 0 Å². The van der Waals surface area contributed by atoms with Gasteiger partial charge in [-0.15, -0.1) is 0 Å². The average Bonchev–Trinajstić information content (AvgIpc) is 2.68. The van der Waals surface area contributed by atoms with E-state index in [2.05, 4.69) is 6.92 Å². The molecule has 0 spiro atoms. The maximum Gasteiger partial charge on any atom is 0.303 e. The number of rotatable bonds is 18. The predicted octanol–water partition coefficient (Wildman–Crippen LogP) is 4.73. The van der Waals surface area contributed by atoms with Crippen molar-refractivity contribution in [2.45, 2.75) is 117 Å². The molecule has 0 radical (unpaired) electrons. The molecule has 0 rings (SSSR count). The zero-order valence-electron chi connectivity index (χ0n) is 20.0. The molecule has 32 heavy (non-hydrogen) atoms. The van der Waals surface area contributed by atoms with Crippen LogP contribution in [0.1, 0.15) is 98.3 Å². The van der Waals surface area contributed by atoms with E-state index in [9.17, 15) is 19.2 Å². The van der Waals surface area contributed by atoms with Crippen LogP contribution in [0, 0.1) is 0 Å². The zero-order valence-corrected chi connectivity index (χ0v) is 20.0. The van der Waals surface area contributed by atoms with Gasteiger partial charge in [-0.1, -0.05) is 39.0 Å². The second kappa shape index (κ2) is 18.2. The summed E-state index contributed by atoms with van der Waals surface area (Å²) >= 11 is 0. The molecule has 8 nitrogen and oxygen atoms in total. The summed E-state index contributed by atoms with van der Waals surface area (Å²) in [6, 6.07) is 0. The van der Waals surface area contributed by atoms with Crippen molar-refractivity contribution in [2.24, 2.45) is 0 Å². The van der Waals surface area contributed by atoms with Crippen molar-refractivity contribution in [2.75, 3.05) is 0 Å². The van der Waals surface area contributed by atoms with Crippen LogP contribution in [0.3, 0.4) is 0 Å². The number of unbranched alkanes of at least 4 members (excludes halogenated alkanes) is 6. The van der Waals surface area contributed by atoms with Crippen molar-refractivity contribution in [3.05, 3.63) is 12.2 Å². The van der Waals surface area contributed by atoms with Crippen molar-refractivity contribution in [1.29, 1.82) is 0 Å². The highest BCUT2D eigenvalue weighted by Crippen LogP contribution is 2.18. The minimum atomic E-state index is -0.783. The first-order chi connectivity index (χ1) is 15.1. The van der Waals surface area contributed by atoms with E-state index in [1.165, 1.54) is 20.8 Å². The molecular weight excluding hydrogens is 416 g/mol. The molecule has 0 heterocycles. The molecule has 3 unspecified atom stereocenters. The number of carbonyl (C=O) groups is 4. The largest absolute Gasteiger partial charge is 0.481 e. The van der Waals surface area contributed by atoms with E-state index in [4.69, 9.17) is 19.3 Å². The fourth-order valence-electron chi connectivity index (χ4n) is 3.32. The van der Waals surface area contributed by atoms with E-state index < -0.39 is 42.2 Å². The molecule has 1 N–H and O–H groups in total. The summed E-state index contributed by atoms with van der Waals surface area (Å²) in [4.78, 5) is 45.2. The van der Waals surface area contributed by atoms with Crippen LogP contribution in [0.15, 0.2) is 12.2 Å². The van der Waals surface area contributed by atoms with E-state index >= 15 is 0 Å². The third-order valence-corrected chi connectivity index (χ3v) is 4.79. The number of carboxylic acids is 1. The Balaban J connectivity index is 5.01. The van der Waals surface area contributed by atoms with Crippen LogP contribution in [0.4, 0.5) is 0 Å². The minimum Gasteiger partial charge on any atom is -0.481 e. The standard InChI is InChI=1S/C24H40O8/c1-5-6-10-14-22(31-19(3)26)23(32-20(4)27)17-16-21(30-18(2)25)13-11-8-7-9-12-15-24(28)29/h16-17,21-23H,5-15H2,1-4H3,(H,28,29). The molecule has 8 heteroatoms. The molecule has 0 aliphatic heterocycles. The van der Waals surface area contributed by atoms with Gasteiger partial charge in [-0.3, -0.25) is 19.2 Å². The fourth-order valence-corrected chi connectivity index (χ4v) is 3.32. The Morgan fingerprint density at radius 2 is 1.28 bits per heavy atom. The van der Waals surface area contributed by atoms with Gasteiger partial charge in [-0.2, -0.15) is 0 Å². The van der Waals surface area contributed by atoms with Gasteiger partial charge in [0.25, 0.3) is 0 Å². The lowest BCUT2D eigenvalue weighted by Gasteiger charge is -2.24. The Hall–Kier alpha value is -2.38. The Kier molecular flexibility index (Phi) is 16.9. The molecule has 0 aliphatic rings. The van der Waals surface area contributed by atoms with Crippen LogP contribution in [0.2, 0.25) is 0 Å². The molecule has 0 bridgehead atoms. The molecule has 0 fully saturated rings. The monoisotopic (exact) mass is 456 g/mol. The molecule has 0 saturated heterocycles. The normalized spacial score (nSPS) is 13.9. The Labute approximate surface area is 191 Å². The van der Waals surface area contributed by atoms with Crippen LogP contribution >= 0.6 is 0 Å². The number of ether oxygens (including phenoxy) is 3. The highest BCUT2D eigenvalue weighted by atomic mass is 16.6. The lowest BCUT2D eigenvalue weighted by Crippen LogP contribution is -2.33. The van der Waals surface area contributed by atoms with Gasteiger partial charge >= 0.3 is 23.9 Å². The summed E-state index contributed by atoms with van der Waals surface area (Å²) in [7, 11) is 0. The summed E-state index contributed by atoms with van der Waals surface area (Å²) in [5.74, 6) is -2.13. The van der Waals surface area contributed by atoms with Crippen LogP contribution < -0.4 is 0 Å². The van der Waals surface area contributed by atoms with Crippen molar-refractivity contribution in [3.63, 3.8) is 0 Å². The lowest BCUT2D eigenvalue weighted by atomic mass is 10.0. The predicted molar refractivity (Wildman–Crippen MR) is 120 cm³/mol. The van der Waals surface area contributed by atoms with Gasteiger partial charge in [0.05, 0.1) is 0 Å². The van der Waals surface area contributed by atoms with Gasteiger partial charge in [-0.05, 0) is 44.3 Å². The zero-order chi connectivity index (χ0) is 24.4. The summed E-state index contributed by atoms with van der Waals surface area (Å²) in [5.41, 5.74) is 0. The molecule has 0 aliphatic carbocycles. The van der Waals surface area contributed by atoms with Crippen LogP contribution in [-0.4, -0.2) is 47.3 Å². The fraction of sp³-hybridized carbons (Fsp3) is 0.750.